The lowest BCUT2D eigenvalue weighted by Crippen LogP contribution is -2.50. The van der Waals surface area contributed by atoms with Crippen LogP contribution in [0.2, 0.25) is 0 Å². The molecule has 0 aromatic heterocycles. The molecule has 0 amide bonds. The Bertz CT molecular complexity index is 512. The van der Waals surface area contributed by atoms with E-state index < -0.39 is 10.2 Å². The van der Waals surface area contributed by atoms with E-state index >= 15 is 0 Å². The van der Waals surface area contributed by atoms with Gasteiger partial charge in [-0.1, -0.05) is 13.3 Å². The van der Waals surface area contributed by atoms with E-state index in [0.29, 0.717) is 19.0 Å². The summed E-state index contributed by atoms with van der Waals surface area (Å²) in [4.78, 5) is 6.63. The molecule has 2 aliphatic heterocycles. The molecule has 1 atom stereocenters. The summed E-state index contributed by atoms with van der Waals surface area (Å²) in [5.41, 5.74) is 6.12. The highest BCUT2D eigenvalue weighted by Gasteiger charge is 2.33. The topological polar surface area (TPSA) is 82.2 Å². The van der Waals surface area contributed by atoms with Crippen LogP contribution < -0.4 is 5.73 Å². The van der Waals surface area contributed by atoms with E-state index in [2.05, 4.69) is 16.8 Å². The standard InChI is InChI=1S/C15H31N5O2S/c1-13-7-10-19(11-8-13)15(16)17-12-14-6-4-5-9-20(14)23(21,22)18(2)3/h13-14H,4-12H2,1-3H3,(H2,16,17). The molecule has 2 rings (SSSR count). The second-order valence-corrected chi connectivity index (χ2v) is 9.01. The van der Waals surface area contributed by atoms with E-state index in [-0.39, 0.29) is 6.04 Å². The number of guanidine groups is 1. The second kappa shape index (κ2) is 7.81. The zero-order valence-corrected chi connectivity index (χ0v) is 15.4. The first kappa shape index (κ1) is 18.5. The van der Waals surface area contributed by atoms with Gasteiger partial charge in [0.1, 0.15) is 0 Å². The van der Waals surface area contributed by atoms with E-state index in [0.717, 1.165) is 51.1 Å². The molecule has 0 aliphatic carbocycles. The van der Waals surface area contributed by atoms with Crippen molar-refractivity contribution in [2.45, 2.75) is 45.1 Å². The van der Waals surface area contributed by atoms with Crippen molar-refractivity contribution < 1.29 is 8.42 Å². The highest BCUT2D eigenvalue weighted by Crippen LogP contribution is 2.22. The molecule has 23 heavy (non-hydrogen) atoms. The van der Waals surface area contributed by atoms with Crippen molar-refractivity contribution >= 4 is 16.2 Å². The van der Waals surface area contributed by atoms with Gasteiger partial charge in [-0.2, -0.15) is 17.0 Å². The number of piperidine rings is 2. The average molecular weight is 346 g/mol. The van der Waals surface area contributed by atoms with Crippen LogP contribution in [0.1, 0.15) is 39.0 Å². The van der Waals surface area contributed by atoms with Crippen molar-refractivity contribution in [2.75, 3.05) is 40.3 Å². The third-order valence-corrected chi connectivity index (χ3v) is 6.90. The zero-order valence-electron chi connectivity index (χ0n) is 14.6. The number of aliphatic imine (C=N–C) groups is 1. The third-order valence-electron chi connectivity index (χ3n) is 4.90. The Kier molecular flexibility index (Phi) is 6.27. The fourth-order valence-electron chi connectivity index (χ4n) is 3.21. The average Bonchev–Trinajstić information content (AvgIpc) is 2.53. The van der Waals surface area contributed by atoms with Crippen LogP contribution in [-0.4, -0.2) is 74.2 Å². The molecular formula is C15H31N5O2S. The largest absolute Gasteiger partial charge is 0.370 e. The van der Waals surface area contributed by atoms with E-state index in [1.165, 1.54) is 4.31 Å². The molecule has 0 spiro atoms. The maximum atomic E-state index is 12.4. The molecule has 0 radical (unpaired) electrons. The summed E-state index contributed by atoms with van der Waals surface area (Å²) in [7, 11) is -0.232. The molecule has 0 aromatic rings. The quantitative estimate of drug-likeness (QED) is 0.600. The lowest BCUT2D eigenvalue weighted by Gasteiger charge is -2.36. The van der Waals surface area contributed by atoms with Gasteiger partial charge in [0, 0.05) is 39.8 Å². The van der Waals surface area contributed by atoms with Gasteiger partial charge in [0.05, 0.1) is 6.54 Å². The predicted octanol–water partition coefficient (Wildman–Crippen LogP) is 0.694. The van der Waals surface area contributed by atoms with E-state index in [4.69, 9.17) is 5.73 Å². The van der Waals surface area contributed by atoms with Crippen LogP contribution >= 0.6 is 0 Å². The summed E-state index contributed by atoms with van der Waals surface area (Å²) >= 11 is 0. The summed E-state index contributed by atoms with van der Waals surface area (Å²) in [6.07, 6.45) is 5.08. The van der Waals surface area contributed by atoms with Crippen LogP contribution in [0.3, 0.4) is 0 Å². The Hall–Kier alpha value is -0.860. The van der Waals surface area contributed by atoms with Crippen molar-refractivity contribution in [3.8, 4) is 0 Å². The van der Waals surface area contributed by atoms with Gasteiger partial charge in [0.2, 0.25) is 0 Å². The van der Waals surface area contributed by atoms with Gasteiger partial charge in [-0.15, -0.1) is 0 Å². The Morgan fingerprint density at radius 3 is 2.43 bits per heavy atom. The SMILES string of the molecule is CC1CCN(C(N)=NCC2CCCCN2S(=O)(=O)N(C)C)CC1. The highest BCUT2D eigenvalue weighted by molar-refractivity contribution is 7.86. The van der Waals surface area contributed by atoms with Gasteiger partial charge in [0.15, 0.2) is 5.96 Å². The van der Waals surface area contributed by atoms with Crippen LogP contribution in [0, 0.1) is 5.92 Å². The number of hydrogen-bond acceptors (Lipinski definition) is 3. The van der Waals surface area contributed by atoms with Crippen LogP contribution in [0.4, 0.5) is 0 Å². The molecule has 2 fully saturated rings. The summed E-state index contributed by atoms with van der Waals surface area (Å²) in [6, 6.07) is -0.0848. The first-order valence-corrected chi connectivity index (χ1v) is 9.96. The van der Waals surface area contributed by atoms with E-state index in [1.54, 1.807) is 18.4 Å². The second-order valence-electron chi connectivity index (χ2n) is 6.92. The van der Waals surface area contributed by atoms with Gasteiger partial charge in [0.25, 0.3) is 10.2 Å². The fraction of sp³-hybridized carbons (Fsp3) is 0.933. The van der Waals surface area contributed by atoms with E-state index in [1.807, 2.05) is 0 Å². The normalized spacial score (nSPS) is 26.0. The minimum absolute atomic E-state index is 0.0848. The molecule has 0 aromatic carbocycles. The molecule has 2 N–H and O–H groups in total. The van der Waals surface area contributed by atoms with Crippen LogP contribution in [-0.2, 0) is 10.2 Å². The Balaban J connectivity index is 2.00. The molecule has 0 saturated carbocycles. The molecule has 2 aliphatic rings. The minimum Gasteiger partial charge on any atom is -0.370 e. The fourth-order valence-corrected chi connectivity index (χ4v) is 4.53. The van der Waals surface area contributed by atoms with Crippen molar-refractivity contribution in [1.82, 2.24) is 13.5 Å². The first-order chi connectivity index (χ1) is 10.8. The highest BCUT2D eigenvalue weighted by atomic mass is 32.2. The van der Waals surface area contributed by atoms with Gasteiger partial charge in [-0.3, -0.25) is 4.99 Å². The molecular weight excluding hydrogens is 314 g/mol. The lowest BCUT2D eigenvalue weighted by molar-refractivity contribution is 0.242. The Morgan fingerprint density at radius 2 is 1.83 bits per heavy atom. The predicted molar refractivity (Wildman–Crippen MR) is 93.4 cm³/mol. The van der Waals surface area contributed by atoms with Crippen molar-refractivity contribution in [2.24, 2.45) is 16.6 Å². The Morgan fingerprint density at radius 1 is 1.17 bits per heavy atom. The molecule has 8 heteroatoms. The first-order valence-electron chi connectivity index (χ1n) is 8.56. The monoisotopic (exact) mass is 345 g/mol. The molecule has 7 nitrogen and oxygen atoms in total. The van der Waals surface area contributed by atoms with Crippen LogP contribution in [0.5, 0.6) is 0 Å². The molecule has 134 valence electrons. The van der Waals surface area contributed by atoms with Gasteiger partial charge in [-0.05, 0) is 31.6 Å². The minimum atomic E-state index is -3.39. The van der Waals surface area contributed by atoms with Crippen molar-refractivity contribution in [3.63, 3.8) is 0 Å². The maximum Gasteiger partial charge on any atom is 0.281 e. The summed E-state index contributed by atoms with van der Waals surface area (Å²) in [5, 5.41) is 0. The smallest absolute Gasteiger partial charge is 0.281 e. The number of rotatable bonds is 4. The molecule has 2 heterocycles. The molecule has 2 saturated heterocycles. The number of hydrogen-bond donors (Lipinski definition) is 1. The van der Waals surface area contributed by atoms with Crippen molar-refractivity contribution in [1.29, 1.82) is 0 Å². The number of nitrogens with two attached hydrogens (primary N) is 1. The van der Waals surface area contributed by atoms with Gasteiger partial charge >= 0.3 is 0 Å². The summed E-state index contributed by atoms with van der Waals surface area (Å²) < 4.78 is 27.8. The molecule has 1 unspecified atom stereocenters. The van der Waals surface area contributed by atoms with Gasteiger partial charge < -0.3 is 10.6 Å². The maximum absolute atomic E-state index is 12.4. The summed E-state index contributed by atoms with van der Waals surface area (Å²) in [5.74, 6) is 1.31. The van der Waals surface area contributed by atoms with Crippen LogP contribution in [0.25, 0.3) is 0 Å². The Labute approximate surface area is 140 Å². The number of likely N-dealkylation sites (tertiary alicyclic amines) is 1. The van der Waals surface area contributed by atoms with Gasteiger partial charge in [-0.25, -0.2) is 0 Å². The lowest BCUT2D eigenvalue weighted by atomic mass is 10.00. The van der Waals surface area contributed by atoms with Crippen LogP contribution in [0.15, 0.2) is 4.99 Å². The summed E-state index contributed by atoms with van der Waals surface area (Å²) in [6.45, 7) is 5.17. The van der Waals surface area contributed by atoms with Crippen molar-refractivity contribution in [3.05, 3.63) is 0 Å². The van der Waals surface area contributed by atoms with E-state index in [9.17, 15) is 8.42 Å². The molecule has 0 bridgehead atoms. The zero-order chi connectivity index (χ0) is 17.0. The number of nitrogens with zero attached hydrogens (tertiary/aromatic N) is 4. The third kappa shape index (κ3) is 4.58.